The van der Waals surface area contributed by atoms with E-state index in [1.165, 1.54) is 6.92 Å². The summed E-state index contributed by atoms with van der Waals surface area (Å²) in [6.07, 6.45) is 0.984. The Morgan fingerprint density at radius 3 is 2.56 bits per heavy atom. The Hall–Kier alpha value is -3.43. The van der Waals surface area contributed by atoms with E-state index < -0.39 is 46.4 Å². The highest BCUT2D eigenvalue weighted by Gasteiger charge is 2.28. The highest BCUT2D eigenvalue weighted by molar-refractivity contribution is 5.96. The molecule has 8 nitrogen and oxygen atoms in total. The fourth-order valence-corrected chi connectivity index (χ4v) is 2.47. The Bertz CT molecular complexity index is 1040. The molecule has 142 valence electrons. The first-order valence-electron chi connectivity index (χ1n) is 7.85. The average molecular weight is 381 g/mol. The van der Waals surface area contributed by atoms with Gasteiger partial charge in [0.2, 0.25) is 17.0 Å². The van der Waals surface area contributed by atoms with E-state index in [4.69, 9.17) is 14.2 Å². The fourth-order valence-electron chi connectivity index (χ4n) is 2.47. The van der Waals surface area contributed by atoms with Gasteiger partial charge in [0, 0.05) is 0 Å². The standard InChI is InChI=1S/C17H13F2NO7/c1-3-24-16(22)11-7-20-6-10(27-17(23)25-4-2)14(21)8-5-9(18)12(19)15(26-11)13(8)20/h5-7H,3-4H2,1-2H3. The van der Waals surface area contributed by atoms with E-state index in [0.717, 1.165) is 17.0 Å². The number of rotatable bonds is 4. The zero-order valence-electron chi connectivity index (χ0n) is 14.2. The lowest BCUT2D eigenvalue weighted by molar-refractivity contribution is -0.140. The zero-order valence-corrected chi connectivity index (χ0v) is 14.2. The van der Waals surface area contributed by atoms with Crippen LogP contribution in [0.25, 0.3) is 17.1 Å². The summed E-state index contributed by atoms with van der Waals surface area (Å²) in [5.74, 6) is -5.29. The summed E-state index contributed by atoms with van der Waals surface area (Å²) in [6, 6.07) is 0.650. The van der Waals surface area contributed by atoms with Gasteiger partial charge in [-0.1, -0.05) is 0 Å². The van der Waals surface area contributed by atoms with Crippen LogP contribution >= 0.6 is 0 Å². The maximum atomic E-state index is 14.2. The Morgan fingerprint density at radius 1 is 1.19 bits per heavy atom. The molecule has 1 aromatic carbocycles. The van der Waals surface area contributed by atoms with Crippen molar-refractivity contribution < 1.29 is 37.3 Å². The van der Waals surface area contributed by atoms with Crippen LogP contribution < -0.4 is 14.9 Å². The Labute approximate surface area is 150 Å². The van der Waals surface area contributed by atoms with Gasteiger partial charge in [-0.3, -0.25) is 4.79 Å². The molecule has 0 aliphatic carbocycles. The molecule has 0 spiro atoms. The number of pyridine rings is 1. The summed E-state index contributed by atoms with van der Waals surface area (Å²) >= 11 is 0. The topological polar surface area (TPSA) is 93.1 Å². The van der Waals surface area contributed by atoms with Crippen LogP contribution in [0.2, 0.25) is 0 Å². The third kappa shape index (κ3) is 3.21. The molecule has 10 heteroatoms. The molecule has 1 aliphatic heterocycles. The molecule has 0 bridgehead atoms. The molecule has 0 N–H and O–H groups in total. The van der Waals surface area contributed by atoms with Crippen molar-refractivity contribution in [3.63, 3.8) is 0 Å². The molecule has 1 aromatic heterocycles. The van der Waals surface area contributed by atoms with E-state index in [9.17, 15) is 23.2 Å². The predicted molar refractivity (Wildman–Crippen MR) is 87.3 cm³/mol. The van der Waals surface area contributed by atoms with E-state index in [2.05, 4.69) is 4.74 Å². The first kappa shape index (κ1) is 18.4. The number of halogens is 2. The predicted octanol–water partition coefficient (Wildman–Crippen LogP) is 2.57. The van der Waals surface area contributed by atoms with Gasteiger partial charge >= 0.3 is 12.1 Å². The lowest BCUT2D eigenvalue weighted by Crippen LogP contribution is -2.22. The van der Waals surface area contributed by atoms with Gasteiger partial charge in [-0.25, -0.2) is 14.0 Å². The van der Waals surface area contributed by atoms with Crippen LogP contribution in [-0.4, -0.2) is 29.9 Å². The van der Waals surface area contributed by atoms with Crippen molar-refractivity contribution in [2.24, 2.45) is 0 Å². The highest BCUT2D eigenvalue weighted by atomic mass is 19.2. The highest BCUT2D eigenvalue weighted by Crippen LogP contribution is 2.35. The minimum absolute atomic E-state index is 0.00530. The van der Waals surface area contributed by atoms with Crippen LogP contribution in [0.15, 0.2) is 22.8 Å². The minimum atomic E-state index is -1.38. The van der Waals surface area contributed by atoms with Crippen molar-refractivity contribution in [1.82, 2.24) is 4.57 Å². The Morgan fingerprint density at radius 2 is 1.89 bits per heavy atom. The van der Waals surface area contributed by atoms with Crippen LogP contribution in [0.3, 0.4) is 0 Å². The zero-order chi connectivity index (χ0) is 19.7. The number of benzene rings is 1. The van der Waals surface area contributed by atoms with Gasteiger partial charge in [0.1, 0.15) is 5.52 Å². The maximum absolute atomic E-state index is 14.2. The lowest BCUT2D eigenvalue weighted by atomic mass is 10.1. The SMILES string of the molecule is CCOC(=O)Oc1cn2c3c(c(F)c(F)cc3c1=O)OC(C(=O)OCC)=C2. The Kier molecular flexibility index (Phi) is 4.80. The molecule has 2 aromatic rings. The molecule has 1 aliphatic rings. The maximum Gasteiger partial charge on any atom is 0.514 e. The van der Waals surface area contributed by atoms with Crippen molar-refractivity contribution >= 4 is 29.2 Å². The first-order valence-corrected chi connectivity index (χ1v) is 7.85. The largest absolute Gasteiger partial charge is 0.514 e. The quantitative estimate of drug-likeness (QED) is 0.752. The molecule has 0 saturated heterocycles. The van der Waals surface area contributed by atoms with E-state index in [1.807, 2.05) is 0 Å². The first-order chi connectivity index (χ1) is 12.9. The second-order valence-electron chi connectivity index (χ2n) is 5.23. The summed E-state index contributed by atoms with van der Waals surface area (Å²) in [5, 5.41) is -0.315. The van der Waals surface area contributed by atoms with E-state index in [1.54, 1.807) is 6.92 Å². The van der Waals surface area contributed by atoms with E-state index in [-0.39, 0.29) is 24.1 Å². The number of ether oxygens (including phenoxy) is 4. The molecule has 0 atom stereocenters. The molecule has 0 amide bonds. The monoisotopic (exact) mass is 381 g/mol. The van der Waals surface area contributed by atoms with Gasteiger partial charge in [0.25, 0.3) is 0 Å². The van der Waals surface area contributed by atoms with Crippen LogP contribution in [0.5, 0.6) is 11.5 Å². The number of esters is 1. The van der Waals surface area contributed by atoms with Crippen LogP contribution in [0, 0.1) is 11.6 Å². The molecule has 3 rings (SSSR count). The third-order valence-electron chi connectivity index (χ3n) is 3.53. The second-order valence-corrected chi connectivity index (χ2v) is 5.23. The van der Waals surface area contributed by atoms with E-state index >= 15 is 0 Å². The van der Waals surface area contributed by atoms with Gasteiger partial charge in [-0.15, -0.1) is 0 Å². The van der Waals surface area contributed by atoms with Gasteiger partial charge < -0.3 is 23.5 Å². The summed E-state index contributed by atoms with van der Waals surface area (Å²) in [4.78, 5) is 35.9. The van der Waals surface area contributed by atoms with Crippen LogP contribution in [0.4, 0.5) is 13.6 Å². The normalized spacial score (nSPS) is 12.2. The number of hydrogen-bond acceptors (Lipinski definition) is 7. The van der Waals surface area contributed by atoms with Crippen LogP contribution in [-0.2, 0) is 14.3 Å². The third-order valence-corrected chi connectivity index (χ3v) is 3.53. The molecule has 2 heterocycles. The Balaban J connectivity index is 2.24. The van der Waals surface area contributed by atoms with Crippen LogP contribution in [0.1, 0.15) is 13.8 Å². The molecule has 27 heavy (non-hydrogen) atoms. The molecule has 0 radical (unpaired) electrons. The van der Waals surface area contributed by atoms with Crippen molar-refractivity contribution in [2.75, 3.05) is 13.2 Å². The fraction of sp³-hybridized carbons (Fsp3) is 0.235. The molecule has 0 unspecified atom stereocenters. The van der Waals surface area contributed by atoms with Gasteiger partial charge in [-0.05, 0) is 19.9 Å². The molecular weight excluding hydrogens is 368 g/mol. The van der Waals surface area contributed by atoms with E-state index in [0.29, 0.717) is 6.07 Å². The minimum Gasteiger partial charge on any atom is -0.460 e. The average Bonchev–Trinajstić information content (AvgIpc) is 2.63. The second kappa shape index (κ2) is 7.06. The number of carbonyl (C=O) groups is 2. The smallest absolute Gasteiger partial charge is 0.460 e. The van der Waals surface area contributed by atoms with Gasteiger partial charge in [0.05, 0.1) is 31.0 Å². The lowest BCUT2D eigenvalue weighted by Gasteiger charge is -2.20. The van der Waals surface area contributed by atoms with Crippen molar-refractivity contribution in [3.05, 3.63) is 39.9 Å². The summed E-state index contributed by atoms with van der Waals surface area (Å²) in [5.41, 5.74) is -1.02. The summed E-state index contributed by atoms with van der Waals surface area (Å²) < 4.78 is 48.6. The molecule has 0 saturated carbocycles. The molecule has 0 fully saturated rings. The number of carbonyl (C=O) groups excluding carboxylic acids is 2. The number of nitrogens with zero attached hydrogens (tertiary/aromatic N) is 1. The summed E-state index contributed by atoms with van der Waals surface area (Å²) in [7, 11) is 0. The van der Waals surface area contributed by atoms with Crippen molar-refractivity contribution in [3.8, 4) is 11.5 Å². The number of aromatic nitrogens is 1. The summed E-state index contributed by atoms with van der Waals surface area (Å²) in [6.45, 7) is 3.12. The van der Waals surface area contributed by atoms with Gasteiger partial charge in [-0.2, -0.15) is 4.39 Å². The van der Waals surface area contributed by atoms with Crippen molar-refractivity contribution in [2.45, 2.75) is 13.8 Å². The van der Waals surface area contributed by atoms with Gasteiger partial charge in [0.15, 0.2) is 17.3 Å². The number of hydrogen-bond donors (Lipinski definition) is 0. The molecular formula is C17H13F2NO7. The van der Waals surface area contributed by atoms with Crippen molar-refractivity contribution in [1.29, 1.82) is 0 Å².